The largest absolute Gasteiger partial charge is 0.476 e. The Morgan fingerprint density at radius 1 is 1.47 bits per heavy atom. The Bertz CT molecular complexity index is 565. The van der Waals surface area contributed by atoms with Gasteiger partial charge in [0.25, 0.3) is 0 Å². The molecule has 0 saturated carbocycles. The Hall–Kier alpha value is -2.34. The van der Waals surface area contributed by atoms with Crippen LogP contribution >= 0.6 is 0 Å². The highest BCUT2D eigenvalue weighted by molar-refractivity contribution is 5.85. The van der Waals surface area contributed by atoms with Gasteiger partial charge in [0, 0.05) is 18.9 Å². The summed E-state index contributed by atoms with van der Waals surface area (Å²) in [5.74, 6) is -0.633. The van der Waals surface area contributed by atoms with Crippen molar-refractivity contribution in [2.75, 3.05) is 12.4 Å². The van der Waals surface area contributed by atoms with E-state index in [1.54, 1.807) is 7.11 Å². The molecule has 0 unspecified atom stereocenters. The van der Waals surface area contributed by atoms with Crippen molar-refractivity contribution in [2.24, 2.45) is 0 Å². The van der Waals surface area contributed by atoms with Gasteiger partial charge in [-0.05, 0) is 17.7 Å². The second-order valence-electron chi connectivity index (χ2n) is 3.97. The number of hydrogen-bond donors (Lipinski definition) is 2. The second-order valence-corrected chi connectivity index (χ2v) is 3.97. The van der Waals surface area contributed by atoms with Crippen molar-refractivity contribution in [2.45, 2.75) is 13.2 Å². The Labute approximate surface area is 110 Å². The predicted octanol–water partition coefficient (Wildman–Crippen LogP) is 2.13. The van der Waals surface area contributed by atoms with Crippen LogP contribution in [0.15, 0.2) is 34.9 Å². The lowest BCUT2D eigenvalue weighted by molar-refractivity contribution is 0.0685. The fourth-order valence-corrected chi connectivity index (χ4v) is 1.62. The summed E-state index contributed by atoms with van der Waals surface area (Å²) < 4.78 is 9.96. The molecule has 1 aromatic carbocycles. The van der Waals surface area contributed by atoms with E-state index in [1.165, 1.54) is 6.07 Å². The molecule has 0 aliphatic rings. The number of anilines is 1. The molecule has 0 fully saturated rings. The van der Waals surface area contributed by atoms with E-state index in [1.807, 2.05) is 24.3 Å². The molecule has 0 spiro atoms. The van der Waals surface area contributed by atoms with Gasteiger partial charge in [0.05, 0.1) is 13.2 Å². The van der Waals surface area contributed by atoms with E-state index in [-0.39, 0.29) is 5.69 Å². The molecule has 0 bridgehead atoms. The quantitative estimate of drug-likeness (QED) is 0.829. The third-order valence-electron chi connectivity index (χ3n) is 2.48. The molecule has 0 atom stereocenters. The number of carboxylic acid groups (broad SMARTS) is 1. The van der Waals surface area contributed by atoms with Crippen molar-refractivity contribution in [3.8, 4) is 0 Å². The van der Waals surface area contributed by atoms with Gasteiger partial charge in [-0.25, -0.2) is 4.79 Å². The predicted molar refractivity (Wildman–Crippen MR) is 67.9 cm³/mol. The van der Waals surface area contributed by atoms with Crippen LogP contribution in [0.25, 0.3) is 0 Å². The molecule has 0 aliphatic carbocycles. The maximum atomic E-state index is 10.6. The summed E-state index contributed by atoms with van der Waals surface area (Å²) in [5, 5.41) is 15.3. The fourth-order valence-electron chi connectivity index (χ4n) is 1.62. The highest BCUT2D eigenvalue weighted by Gasteiger charge is 2.10. The van der Waals surface area contributed by atoms with Crippen molar-refractivity contribution in [3.05, 3.63) is 47.3 Å². The number of nitrogens with one attached hydrogen (secondary N) is 1. The average molecular weight is 262 g/mol. The molecule has 0 aliphatic heterocycles. The molecule has 0 radical (unpaired) electrons. The Balaban J connectivity index is 1.97. The molecule has 1 heterocycles. The fraction of sp³-hybridized carbons (Fsp3) is 0.231. The van der Waals surface area contributed by atoms with Gasteiger partial charge in [-0.1, -0.05) is 17.3 Å². The maximum Gasteiger partial charge on any atom is 0.358 e. The minimum absolute atomic E-state index is 0.0927. The first-order chi connectivity index (χ1) is 9.19. The monoisotopic (exact) mass is 262 g/mol. The maximum absolute atomic E-state index is 10.6. The van der Waals surface area contributed by atoms with Gasteiger partial charge in [-0.15, -0.1) is 0 Å². The number of hydrogen-bond acceptors (Lipinski definition) is 5. The Morgan fingerprint density at radius 3 is 3.00 bits per heavy atom. The van der Waals surface area contributed by atoms with E-state index in [4.69, 9.17) is 14.4 Å². The first kappa shape index (κ1) is 13.1. The number of aromatic carboxylic acids is 1. The molecule has 2 aromatic rings. The number of carbonyl (C=O) groups is 1. The van der Waals surface area contributed by atoms with E-state index >= 15 is 0 Å². The van der Waals surface area contributed by atoms with Gasteiger partial charge in [-0.2, -0.15) is 0 Å². The van der Waals surface area contributed by atoms with E-state index < -0.39 is 5.97 Å². The number of nitrogens with zero attached hydrogens (tertiary/aromatic N) is 1. The molecule has 0 saturated heterocycles. The van der Waals surface area contributed by atoms with Crippen molar-refractivity contribution in [1.29, 1.82) is 0 Å². The van der Waals surface area contributed by atoms with E-state index in [0.717, 1.165) is 11.3 Å². The van der Waals surface area contributed by atoms with Gasteiger partial charge in [0.2, 0.25) is 0 Å². The van der Waals surface area contributed by atoms with Gasteiger partial charge in [0.1, 0.15) is 0 Å². The van der Waals surface area contributed by atoms with Crippen molar-refractivity contribution >= 4 is 11.7 Å². The zero-order valence-electron chi connectivity index (χ0n) is 10.4. The molecule has 2 N–H and O–H groups in total. The normalized spacial score (nSPS) is 10.4. The summed E-state index contributed by atoms with van der Waals surface area (Å²) in [6.07, 6.45) is 0. The number of rotatable bonds is 6. The first-order valence-corrected chi connectivity index (χ1v) is 5.69. The highest BCUT2D eigenvalue weighted by Crippen LogP contribution is 2.13. The minimum atomic E-state index is -1.10. The van der Waals surface area contributed by atoms with E-state index in [9.17, 15) is 4.79 Å². The summed E-state index contributed by atoms with van der Waals surface area (Å²) in [7, 11) is 1.64. The molecule has 6 nitrogen and oxygen atoms in total. The Kier molecular flexibility index (Phi) is 4.15. The Morgan fingerprint density at radius 2 is 2.32 bits per heavy atom. The van der Waals surface area contributed by atoms with Gasteiger partial charge < -0.3 is 19.7 Å². The third-order valence-corrected chi connectivity index (χ3v) is 2.48. The summed E-state index contributed by atoms with van der Waals surface area (Å²) in [5.41, 5.74) is 1.86. The number of aromatic nitrogens is 1. The van der Waals surface area contributed by atoms with Gasteiger partial charge in [-0.3, -0.25) is 0 Å². The van der Waals surface area contributed by atoms with Crippen LogP contribution in [0, 0.1) is 0 Å². The van der Waals surface area contributed by atoms with Crippen molar-refractivity contribution < 1.29 is 19.2 Å². The molecular weight excluding hydrogens is 248 g/mol. The highest BCUT2D eigenvalue weighted by atomic mass is 16.5. The molecular formula is C13H14N2O4. The van der Waals surface area contributed by atoms with Gasteiger partial charge in [0.15, 0.2) is 11.5 Å². The lowest BCUT2D eigenvalue weighted by atomic mass is 10.2. The van der Waals surface area contributed by atoms with E-state index in [0.29, 0.717) is 18.9 Å². The molecule has 6 heteroatoms. The minimum Gasteiger partial charge on any atom is -0.476 e. The number of ether oxygens (including phenoxy) is 1. The van der Waals surface area contributed by atoms with Crippen molar-refractivity contribution in [3.63, 3.8) is 0 Å². The number of methoxy groups -OCH3 is 1. The van der Waals surface area contributed by atoms with Crippen molar-refractivity contribution in [1.82, 2.24) is 5.16 Å². The van der Waals surface area contributed by atoms with Crippen LogP contribution in [-0.4, -0.2) is 23.3 Å². The lowest BCUT2D eigenvalue weighted by Crippen LogP contribution is -1.99. The molecule has 1 aromatic heterocycles. The van der Waals surface area contributed by atoms with Gasteiger partial charge >= 0.3 is 5.97 Å². The number of carboxylic acids is 1. The van der Waals surface area contributed by atoms with Crippen LogP contribution in [0.3, 0.4) is 0 Å². The molecule has 100 valence electrons. The van der Waals surface area contributed by atoms with Crippen LogP contribution in [0.1, 0.15) is 21.8 Å². The molecule has 19 heavy (non-hydrogen) atoms. The van der Waals surface area contributed by atoms with Crippen LogP contribution in [0.4, 0.5) is 5.69 Å². The smallest absolute Gasteiger partial charge is 0.358 e. The summed E-state index contributed by atoms with van der Waals surface area (Å²) in [6, 6.07) is 9.14. The lowest BCUT2D eigenvalue weighted by Gasteiger charge is -2.06. The standard InChI is InChI=1S/C13H14N2O4/c1-18-8-9-3-2-4-10(5-9)14-7-11-6-12(13(16)17)15-19-11/h2-6,14H,7-8H2,1H3,(H,16,17). The van der Waals surface area contributed by atoms with Crippen LogP contribution in [-0.2, 0) is 17.9 Å². The SMILES string of the molecule is COCc1cccc(NCc2cc(C(=O)O)no2)c1. The topological polar surface area (TPSA) is 84.6 Å². The summed E-state index contributed by atoms with van der Waals surface area (Å²) in [4.78, 5) is 10.6. The van der Waals surface area contributed by atoms with E-state index in [2.05, 4.69) is 10.5 Å². The summed E-state index contributed by atoms with van der Waals surface area (Å²) in [6.45, 7) is 0.914. The summed E-state index contributed by atoms with van der Waals surface area (Å²) >= 11 is 0. The zero-order chi connectivity index (χ0) is 13.7. The zero-order valence-corrected chi connectivity index (χ0v) is 10.4. The second kappa shape index (κ2) is 6.01. The van der Waals surface area contributed by atoms with Crippen LogP contribution < -0.4 is 5.32 Å². The van der Waals surface area contributed by atoms with Crippen LogP contribution in [0.5, 0.6) is 0 Å². The number of benzene rings is 1. The average Bonchev–Trinajstić information content (AvgIpc) is 2.86. The molecule has 2 rings (SSSR count). The third kappa shape index (κ3) is 3.56. The van der Waals surface area contributed by atoms with Crippen LogP contribution in [0.2, 0.25) is 0 Å². The molecule has 0 amide bonds. The first-order valence-electron chi connectivity index (χ1n) is 5.69.